The van der Waals surface area contributed by atoms with Gasteiger partial charge in [-0.05, 0) is 13.3 Å². The van der Waals surface area contributed by atoms with Crippen molar-refractivity contribution in [2.75, 3.05) is 26.7 Å². The van der Waals surface area contributed by atoms with Crippen molar-refractivity contribution in [3.8, 4) is 0 Å². The van der Waals surface area contributed by atoms with Gasteiger partial charge >= 0.3 is 0 Å². The second-order valence-electron chi connectivity index (χ2n) is 3.76. The van der Waals surface area contributed by atoms with E-state index in [4.69, 9.17) is 5.11 Å². The summed E-state index contributed by atoms with van der Waals surface area (Å²) < 4.78 is 0. The van der Waals surface area contributed by atoms with Crippen LogP contribution in [0.2, 0.25) is 0 Å². The molecule has 0 spiro atoms. The van der Waals surface area contributed by atoms with Gasteiger partial charge in [-0.2, -0.15) is 0 Å². The number of rotatable bonds is 3. The van der Waals surface area contributed by atoms with E-state index in [1.165, 1.54) is 0 Å². The second kappa shape index (κ2) is 5.17. The fourth-order valence-corrected chi connectivity index (χ4v) is 1.36. The Morgan fingerprint density at radius 2 is 2.43 bits per heavy atom. The van der Waals surface area contributed by atoms with Crippen LogP contribution in [-0.4, -0.2) is 60.0 Å². The summed E-state index contributed by atoms with van der Waals surface area (Å²) in [4.78, 5) is 6.07. The second-order valence-corrected chi connectivity index (χ2v) is 3.76. The topological polar surface area (TPSA) is 68.1 Å². The van der Waals surface area contributed by atoms with Crippen molar-refractivity contribution in [2.45, 2.75) is 25.6 Å². The average Bonchev–Trinajstić information content (AvgIpc) is 2.08. The van der Waals surface area contributed by atoms with E-state index in [9.17, 15) is 5.11 Å². The number of aliphatic imine (C=N–C) groups is 1. The van der Waals surface area contributed by atoms with Crippen molar-refractivity contribution in [3.63, 3.8) is 0 Å². The molecule has 5 nitrogen and oxygen atoms in total. The Balaban J connectivity index is 2.29. The Morgan fingerprint density at radius 3 is 3.00 bits per heavy atom. The van der Waals surface area contributed by atoms with Crippen LogP contribution in [-0.2, 0) is 0 Å². The molecule has 0 aromatic heterocycles. The Hall–Kier alpha value is -0.810. The highest BCUT2D eigenvalue weighted by atomic mass is 16.3. The van der Waals surface area contributed by atoms with Gasteiger partial charge in [-0.1, -0.05) is 0 Å². The summed E-state index contributed by atoms with van der Waals surface area (Å²) in [6.45, 7) is 3.54. The van der Waals surface area contributed by atoms with Crippen LogP contribution >= 0.6 is 0 Å². The van der Waals surface area contributed by atoms with E-state index < -0.39 is 0 Å². The van der Waals surface area contributed by atoms with E-state index in [2.05, 4.69) is 10.3 Å². The summed E-state index contributed by atoms with van der Waals surface area (Å²) in [7, 11) is 1.89. The van der Waals surface area contributed by atoms with Crippen molar-refractivity contribution >= 4 is 5.96 Å². The van der Waals surface area contributed by atoms with Crippen LogP contribution in [0.25, 0.3) is 0 Å². The van der Waals surface area contributed by atoms with Crippen LogP contribution in [0, 0.1) is 0 Å². The molecule has 82 valence electrons. The molecule has 0 bridgehead atoms. The zero-order chi connectivity index (χ0) is 10.6. The molecule has 2 unspecified atom stereocenters. The first-order valence-corrected chi connectivity index (χ1v) is 4.95. The Kier molecular flexibility index (Phi) is 4.16. The summed E-state index contributed by atoms with van der Waals surface area (Å²) in [5.41, 5.74) is 0. The van der Waals surface area contributed by atoms with E-state index in [0.29, 0.717) is 26.1 Å². The number of guanidine groups is 1. The zero-order valence-electron chi connectivity index (χ0n) is 8.77. The van der Waals surface area contributed by atoms with Crippen molar-refractivity contribution in [1.29, 1.82) is 0 Å². The molecule has 0 fully saturated rings. The minimum absolute atomic E-state index is 0.289. The summed E-state index contributed by atoms with van der Waals surface area (Å²) in [6.07, 6.45) is 0.0555. The molecule has 0 saturated heterocycles. The third kappa shape index (κ3) is 3.51. The average molecular weight is 201 g/mol. The van der Waals surface area contributed by atoms with Crippen molar-refractivity contribution in [2.24, 2.45) is 4.99 Å². The van der Waals surface area contributed by atoms with Crippen LogP contribution in [0.15, 0.2) is 4.99 Å². The lowest BCUT2D eigenvalue weighted by molar-refractivity contribution is 0.145. The molecule has 1 heterocycles. The molecule has 0 aliphatic carbocycles. The molecular formula is C9H19N3O2. The SMILES string of the molecule is CC(O)CCNC1=NCC(O)CN1C. The van der Waals surface area contributed by atoms with E-state index in [1.54, 1.807) is 6.92 Å². The molecule has 2 atom stereocenters. The van der Waals surface area contributed by atoms with Crippen molar-refractivity contribution in [1.82, 2.24) is 10.2 Å². The standard InChI is InChI=1S/C9H19N3O2/c1-7(13)3-4-10-9-11-5-8(14)6-12(9)2/h7-8,13-14H,3-6H2,1-2H3,(H,10,11). The predicted octanol–water partition coefficient (Wildman–Crippen LogP) is -0.991. The monoisotopic (exact) mass is 201 g/mol. The highest BCUT2D eigenvalue weighted by molar-refractivity contribution is 5.80. The summed E-state index contributed by atoms with van der Waals surface area (Å²) >= 11 is 0. The normalized spacial score (nSPS) is 24.4. The van der Waals surface area contributed by atoms with Crippen LogP contribution in [0.5, 0.6) is 0 Å². The van der Waals surface area contributed by atoms with Crippen LogP contribution < -0.4 is 5.32 Å². The van der Waals surface area contributed by atoms with Gasteiger partial charge in [0, 0.05) is 20.1 Å². The number of aliphatic hydroxyl groups is 2. The smallest absolute Gasteiger partial charge is 0.193 e. The zero-order valence-corrected chi connectivity index (χ0v) is 8.77. The minimum Gasteiger partial charge on any atom is -0.393 e. The Labute approximate surface area is 84.4 Å². The van der Waals surface area contributed by atoms with Gasteiger partial charge in [-0.15, -0.1) is 0 Å². The summed E-state index contributed by atoms with van der Waals surface area (Å²) in [5, 5.41) is 21.5. The van der Waals surface area contributed by atoms with E-state index in [0.717, 1.165) is 5.96 Å². The van der Waals surface area contributed by atoms with Gasteiger partial charge in [-0.3, -0.25) is 4.99 Å². The number of hydrogen-bond donors (Lipinski definition) is 3. The maximum atomic E-state index is 9.29. The fraction of sp³-hybridized carbons (Fsp3) is 0.889. The lowest BCUT2D eigenvalue weighted by atomic mass is 10.3. The Morgan fingerprint density at radius 1 is 1.71 bits per heavy atom. The van der Waals surface area contributed by atoms with Crippen molar-refractivity contribution < 1.29 is 10.2 Å². The first-order valence-electron chi connectivity index (χ1n) is 4.95. The molecule has 5 heteroatoms. The number of hydrogen-bond acceptors (Lipinski definition) is 5. The maximum Gasteiger partial charge on any atom is 0.193 e. The molecule has 3 N–H and O–H groups in total. The van der Waals surface area contributed by atoms with Gasteiger partial charge in [0.2, 0.25) is 0 Å². The number of aliphatic hydroxyl groups excluding tert-OH is 2. The molecule has 1 aliphatic heterocycles. The van der Waals surface area contributed by atoms with Crippen LogP contribution in [0.4, 0.5) is 0 Å². The fourth-order valence-electron chi connectivity index (χ4n) is 1.36. The molecule has 0 saturated carbocycles. The number of β-amino-alcohol motifs (C(OH)–C–C–N with tert-alkyl or cyclic N) is 1. The minimum atomic E-state index is -0.359. The quantitative estimate of drug-likeness (QED) is 0.548. The summed E-state index contributed by atoms with van der Waals surface area (Å²) in [6, 6.07) is 0. The van der Waals surface area contributed by atoms with E-state index >= 15 is 0 Å². The maximum absolute atomic E-state index is 9.29. The van der Waals surface area contributed by atoms with Gasteiger partial charge in [-0.25, -0.2) is 0 Å². The van der Waals surface area contributed by atoms with Gasteiger partial charge in [0.05, 0.1) is 18.8 Å². The molecule has 14 heavy (non-hydrogen) atoms. The van der Waals surface area contributed by atoms with Gasteiger partial charge in [0.1, 0.15) is 0 Å². The van der Waals surface area contributed by atoms with Gasteiger partial charge in [0.15, 0.2) is 5.96 Å². The third-order valence-corrected chi connectivity index (χ3v) is 2.14. The summed E-state index contributed by atoms with van der Waals surface area (Å²) in [5.74, 6) is 0.802. The van der Waals surface area contributed by atoms with Gasteiger partial charge in [0.25, 0.3) is 0 Å². The van der Waals surface area contributed by atoms with Crippen LogP contribution in [0.1, 0.15) is 13.3 Å². The molecular weight excluding hydrogens is 182 g/mol. The molecule has 0 aromatic rings. The number of nitrogens with zero attached hydrogens (tertiary/aromatic N) is 2. The highest BCUT2D eigenvalue weighted by Gasteiger charge is 2.16. The largest absolute Gasteiger partial charge is 0.393 e. The predicted molar refractivity (Wildman–Crippen MR) is 55.2 cm³/mol. The lowest BCUT2D eigenvalue weighted by Crippen LogP contribution is -2.47. The van der Waals surface area contributed by atoms with Gasteiger partial charge < -0.3 is 20.4 Å². The molecule has 0 amide bonds. The number of likely N-dealkylation sites (N-methyl/N-ethyl adjacent to an activating group) is 1. The number of nitrogens with one attached hydrogen (secondary N) is 1. The lowest BCUT2D eigenvalue weighted by Gasteiger charge is -2.28. The molecule has 1 aliphatic rings. The van der Waals surface area contributed by atoms with E-state index in [-0.39, 0.29) is 12.2 Å². The molecule has 0 radical (unpaired) electrons. The van der Waals surface area contributed by atoms with E-state index in [1.807, 2.05) is 11.9 Å². The molecule has 1 rings (SSSR count). The van der Waals surface area contributed by atoms with Crippen LogP contribution in [0.3, 0.4) is 0 Å². The first kappa shape index (κ1) is 11.3. The molecule has 0 aromatic carbocycles. The Bertz CT molecular complexity index is 206. The first-order chi connectivity index (χ1) is 6.59. The highest BCUT2D eigenvalue weighted by Crippen LogP contribution is 1.99. The van der Waals surface area contributed by atoms with Crippen molar-refractivity contribution in [3.05, 3.63) is 0 Å². The third-order valence-electron chi connectivity index (χ3n) is 2.14.